The van der Waals surface area contributed by atoms with E-state index in [1.54, 1.807) is 6.08 Å². The summed E-state index contributed by atoms with van der Waals surface area (Å²) < 4.78 is 22.1. The van der Waals surface area contributed by atoms with Gasteiger partial charge in [0.25, 0.3) is 0 Å². The summed E-state index contributed by atoms with van der Waals surface area (Å²) in [6, 6.07) is 0. The summed E-state index contributed by atoms with van der Waals surface area (Å²) in [6.07, 6.45) is 5.71. The Morgan fingerprint density at radius 1 is 1.46 bits per heavy atom. The number of alkyl halides is 2. The Kier molecular flexibility index (Phi) is 7.36. The van der Waals surface area contributed by atoms with E-state index in [9.17, 15) is 8.42 Å². The highest BCUT2D eigenvalue weighted by Gasteiger charge is 2.05. The molecule has 0 aromatic rings. The van der Waals surface area contributed by atoms with E-state index in [0.29, 0.717) is 4.83 Å². The molecule has 0 aliphatic rings. The third-order valence-electron chi connectivity index (χ3n) is 1.43. The zero-order chi connectivity index (χ0) is 10.3. The maximum Gasteiger partial charge on any atom is 0.163 e. The van der Waals surface area contributed by atoms with E-state index in [1.165, 1.54) is 0 Å². The molecule has 1 atom stereocenters. The summed E-state index contributed by atoms with van der Waals surface area (Å²) in [6.45, 7) is 2.09. The minimum absolute atomic E-state index is 0.0328. The van der Waals surface area contributed by atoms with E-state index in [4.69, 9.17) is 0 Å². The quantitative estimate of drug-likeness (QED) is 0.553. The Hall–Kier alpha value is 0.650. The summed E-state index contributed by atoms with van der Waals surface area (Å²) >= 11 is 6.37. The molecule has 78 valence electrons. The summed E-state index contributed by atoms with van der Waals surface area (Å²) in [5.41, 5.74) is 0. The molecule has 1 unspecified atom stereocenters. The number of rotatable bonds is 6. The van der Waals surface area contributed by atoms with Gasteiger partial charge in [0.2, 0.25) is 0 Å². The molecule has 0 radical (unpaired) electrons. The van der Waals surface area contributed by atoms with Gasteiger partial charge in [0, 0.05) is 4.83 Å². The third-order valence-corrected chi connectivity index (χ3v) is 5.31. The molecule has 0 rings (SSSR count). The van der Waals surface area contributed by atoms with Crippen molar-refractivity contribution in [1.82, 2.24) is 0 Å². The van der Waals surface area contributed by atoms with Gasteiger partial charge in [-0.15, -0.1) is 0 Å². The van der Waals surface area contributed by atoms with E-state index in [2.05, 4.69) is 38.8 Å². The fourth-order valence-electron chi connectivity index (χ4n) is 0.766. The fourth-order valence-corrected chi connectivity index (χ4v) is 2.49. The smallest absolute Gasteiger partial charge is 0.163 e. The summed E-state index contributed by atoms with van der Waals surface area (Å²) in [7, 11) is -2.92. The molecule has 0 aliphatic heterocycles. The topological polar surface area (TPSA) is 34.1 Å². The van der Waals surface area contributed by atoms with Crippen molar-refractivity contribution in [2.75, 3.05) is 10.4 Å². The van der Waals surface area contributed by atoms with Crippen LogP contribution >= 0.6 is 31.9 Å². The van der Waals surface area contributed by atoms with Crippen molar-refractivity contribution in [2.24, 2.45) is 0 Å². The Morgan fingerprint density at radius 2 is 2.08 bits per heavy atom. The first kappa shape index (κ1) is 13.7. The Bertz CT molecular complexity index is 247. The van der Waals surface area contributed by atoms with E-state index in [0.717, 1.165) is 12.8 Å². The maximum atomic E-state index is 11.0. The van der Waals surface area contributed by atoms with Crippen LogP contribution in [0.25, 0.3) is 0 Å². The van der Waals surface area contributed by atoms with Gasteiger partial charge in [-0.25, -0.2) is 8.42 Å². The molecule has 0 aromatic carbocycles. The van der Waals surface area contributed by atoms with Gasteiger partial charge in [0.15, 0.2) is 9.84 Å². The number of hydrogen-bond acceptors (Lipinski definition) is 2. The van der Waals surface area contributed by atoms with Gasteiger partial charge in [-0.2, -0.15) is 0 Å². The normalized spacial score (nSPS) is 15.0. The van der Waals surface area contributed by atoms with Crippen molar-refractivity contribution in [3.8, 4) is 0 Å². The molecular weight excluding hydrogens is 320 g/mol. The number of hydrogen-bond donors (Lipinski definition) is 0. The van der Waals surface area contributed by atoms with Crippen molar-refractivity contribution < 1.29 is 8.42 Å². The minimum atomic E-state index is -2.92. The van der Waals surface area contributed by atoms with Crippen LogP contribution in [0.4, 0.5) is 0 Å². The van der Waals surface area contributed by atoms with Crippen molar-refractivity contribution in [3.63, 3.8) is 0 Å². The minimum Gasteiger partial charge on any atom is -0.228 e. The Balaban J connectivity index is 3.88. The standard InChI is InChI=1S/C8H14Br2O2S/c1-2-4-8(10)5-3-6-13(11,12)7-9/h3,5,8H,2,4,6-7H2,1H3. The molecule has 0 N–H and O–H groups in total. The van der Waals surface area contributed by atoms with Gasteiger partial charge in [0.05, 0.1) is 5.75 Å². The molecular formula is C8H14Br2O2S. The van der Waals surface area contributed by atoms with E-state index >= 15 is 0 Å². The molecule has 0 aromatic heterocycles. The lowest BCUT2D eigenvalue weighted by atomic mass is 10.2. The van der Waals surface area contributed by atoms with Crippen LogP contribution in [0.2, 0.25) is 0 Å². The van der Waals surface area contributed by atoms with Crippen LogP contribution in [0.15, 0.2) is 12.2 Å². The predicted octanol–water partition coefficient (Wildman–Crippen LogP) is 2.87. The molecule has 0 saturated carbocycles. The summed E-state index contributed by atoms with van der Waals surface area (Å²) in [5.74, 6) is 0.115. The maximum absolute atomic E-state index is 11.0. The van der Waals surface area contributed by atoms with Crippen LogP contribution in [-0.2, 0) is 9.84 Å². The summed E-state index contributed by atoms with van der Waals surface area (Å²) in [4.78, 5) is 0.294. The van der Waals surface area contributed by atoms with E-state index in [-0.39, 0.29) is 10.4 Å². The van der Waals surface area contributed by atoms with Crippen molar-refractivity contribution in [1.29, 1.82) is 0 Å². The van der Waals surface area contributed by atoms with Crippen LogP contribution in [0.1, 0.15) is 19.8 Å². The third kappa shape index (κ3) is 7.70. The van der Waals surface area contributed by atoms with E-state index < -0.39 is 9.84 Å². The van der Waals surface area contributed by atoms with Gasteiger partial charge in [0.1, 0.15) is 4.66 Å². The molecule has 5 heteroatoms. The van der Waals surface area contributed by atoms with Crippen LogP contribution in [-0.4, -0.2) is 23.7 Å². The van der Waals surface area contributed by atoms with Gasteiger partial charge >= 0.3 is 0 Å². The lowest BCUT2D eigenvalue weighted by Gasteiger charge is -2.00. The van der Waals surface area contributed by atoms with Crippen molar-refractivity contribution in [2.45, 2.75) is 24.6 Å². The summed E-state index contributed by atoms with van der Waals surface area (Å²) in [5, 5.41) is 0. The van der Waals surface area contributed by atoms with Crippen molar-refractivity contribution in [3.05, 3.63) is 12.2 Å². The lowest BCUT2D eigenvalue weighted by Crippen LogP contribution is -2.04. The second-order valence-electron chi connectivity index (χ2n) is 2.75. The zero-order valence-corrected chi connectivity index (χ0v) is 11.5. The molecule has 0 fully saturated rings. The van der Waals surface area contributed by atoms with Gasteiger partial charge in [-0.1, -0.05) is 57.4 Å². The second-order valence-corrected chi connectivity index (χ2v) is 7.34. The molecule has 0 aliphatic carbocycles. The number of sulfone groups is 1. The van der Waals surface area contributed by atoms with Crippen LogP contribution in [0, 0.1) is 0 Å². The van der Waals surface area contributed by atoms with Gasteiger partial charge in [-0.05, 0) is 6.42 Å². The lowest BCUT2D eigenvalue weighted by molar-refractivity contribution is 0.604. The molecule has 2 nitrogen and oxygen atoms in total. The zero-order valence-electron chi connectivity index (χ0n) is 7.54. The number of halogens is 2. The SMILES string of the molecule is CCCC(Br)C=CCS(=O)(=O)CBr. The van der Waals surface area contributed by atoms with Gasteiger partial charge < -0.3 is 0 Å². The predicted molar refractivity (Wildman–Crippen MR) is 64.3 cm³/mol. The van der Waals surface area contributed by atoms with Gasteiger partial charge in [-0.3, -0.25) is 0 Å². The Morgan fingerprint density at radius 3 is 2.54 bits per heavy atom. The molecule has 0 spiro atoms. The first-order valence-corrected chi connectivity index (χ1v) is 7.94. The first-order chi connectivity index (χ1) is 6.02. The Labute approximate surface area is 97.0 Å². The highest BCUT2D eigenvalue weighted by Crippen LogP contribution is 2.09. The largest absolute Gasteiger partial charge is 0.228 e. The molecule has 13 heavy (non-hydrogen) atoms. The molecule has 0 amide bonds. The molecule has 0 saturated heterocycles. The monoisotopic (exact) mass is 332 g/mol. The average molecular weight is 334 g/mol. The van der Waals surface area contributed by atoms with Crippen LogP contribution in [0.5, 0.6) is 0 Å². The second kappa shape index (κ2) is 7.01. The van der Waals surface area contributed by atoms with E-state index in [1.807, 2.05) is 6.08 Å². The highest BCUT2D eigenvalue weighted by atomic mass is 79.9. The molecule has 0 bridgehead atoms. The number of allylic oxidation sites excluding steroid dienone is 1. The van der Waals surface area contributed by atoms with Crippen molar-refractivity contribution >= 4 is 41.7 Å². The molecule has 0 heterocycles. The first-order valence-electron chi connectivity index (χ1n) is 4.09. The fraction of sp³-hybridized carbons (Fsp3) is 0.750. The van der Waals surface area contributed by atoms with Crippen LogP contribution in [0.3, 0.4) is 0 Å². The van der Waals surface area contributed by atoms with Crippen LogP contribution < -0.4 is 0 Å². The average Bonchev–Trinajstić information content (AvgIpc) is 2.05. The highest BCUT2D eigenvalue weighted by molar-refractivity contribution is 9.10.